The average molecular weight is 198 g/mol. The first-order chi connectivity index (χ1) is 6.77. The van der Waals surface area contributed by atoms with Crippen LogP contribution in [0.3, 0.4) is 0 Å². The zero-order valence-electron chi connectivity index (χ0n) is 9.04. The molecule has 1 atom stereocenters. The molecule has 14 heavy (non-hydrogen) atoms. The maximum absolute atomic E-state index is 5.55. The molecule has 0 aliphatic rings. The molecule has 0 aliphatic heterocycles. The van der Waals surface area contributed by atoms with Gasteiger partial charge in [0.05, 0.1) is 12.2 Å². The summed E-state index contributed by atoms with van der Waals surface area (Å²) < 4.78 is 10.5. The first kappa shape index (κ1) is 11.2. The monoisotopic (exact) mass is 198 g/mol. The Morgan fingerprint density at radius 1 is 1.64 bits per heavy atom. The van der Waals surface area contributed by atoms with Crippen LogP contribution in [-0.4, -0.2) is 25.7 Å². The van der Waals surface area contributed by atoms with Crippen LogP contribution in [0, 0.1) is 0 Å². The summed E-state index contributed by atoms with van der Waals surface area (Å²) in [6, 6.07) is 0.172. The van der Waals surface area contributed by atoms with Crippen molar-refractivity contribution in [1.82, 2.24) is 10.3 Å². The van der Waals surface area contributed by atoms with Gasteiger partial charge in [0, 0.05) is 20.1 Å². The van der Waals surface area contributed by atoms with Gasteiger partial charge < -0.3 is 14.5 Å². The summed E-state index contributed by atoms with van der Waals surface area (Å²) in [5, 5.41) is 3.08. The van der Waals surface area contributed by atoms with Gasteiger partial charge in [-0.05, 0) is 20.4 Å². The number of hydrogen-bond acceptors (Lipinski definition) is 4. The van der Waals surface area contributed by atoms with Crippen LogP contribution in [0.1, 0.15) is 31.0 Å². The van der Waals surface area contributed by atoms with Gasteiger partial charge in [0.25, 0.3) is 0 Å². The molecular formula is C10H18N2O2. The molecule has 1 rings (SSSR count). The average Bonchev–Trinajstić information content (AvgIpc) is 2.66. The third-order valence-electron chi connectivity index (χ3n) is 2.15. The van der Waals surface area contributed by atoms with Crippen LogP contribution < -0.4 is 5.32 Å². The molecule has 0 aromatic carbocycles. The number of oxazole rings is 1. The third-order valence-corrected chi connectivity index (χ3v) is 2.15. The quantitative estimate of drug-likeness (QED) is 0.704. The molecule has 4 nitrogen and oxygen atoms in total. The van der Waals surface area contributed by atoms with Crippen molar-refractivity contribution >= 4 is 0 Å². The number of aromatic nitrogens is 1. The second-order valence-corrected chi connectivity index (χ2v) is 3.27. The van der Waals surface area contributed by atoms with Gasteiger partial charge in [-0.3, -0.25) is 0 Å². The number of ether oxygens (including phenoxy) is 1. The lowest BCUT2D eigenvalue weighted by molar-refractivity contribution is 0.193. The Hall–Kier alpha value is -0.870. The fraction of sp³-hybridized carbons (Fsp3) is 0.700. The third kappa shape index (κ3) is 3.12. The van der Waals surface area contributed by atoms with E-state index in [-0.39, 0.29) is 6.04 Å². The topological polar surface area (TPSA) is 47.3 Å². The van der Waals surface area contributed by atoms with Crippen molar-refractivity contribution in [3.8, 4) is 0 Å². The molecule has 0 saturated carbocycles. The second-order valence-electron chi connectivity index (χ2n) is 3.27. The van der Waals surface area contributed by atoms with Crippen molar-refractivity contribution in [2.45, 2.75) is 25.8 Å². The van der Waals surface area contributed by atoms with Gasteiger partial charge in [0.2, 0.25) is 5.89 Å². The van der Waals surface area contributed by atoms with E-state index in [0.29, 0.717) is 0 Å². The zero-order valence-corrected chi connectivity index (χ0v) is 9.04. The smallest absolute Gasteiger partial charge is 0.211 e. The number of rotatable bonds is 6. The minimum atomic E-state index is 0.172. The van der Waals surface area contributed by atoms with Crippen molar-refractivity contribution in [1.29, 1.82) is 0 Å². The van der Waals surface area contributed by atoms with Gasteiger partial charge in [-0.25, -0.2) is 4.98 Å². The molecule has 0 radical (unpaired) electrons. The highest BCUT2D eigenvalue weighted by Gasteiger charge is 2.09. The van der Waals surface area contributed by atoms with Gasteiger partial charge in [-0.1, -0.05) is 0 Å². The second kappa shape index (κ2) is 5.78. The summed E-state index contributed by atoms with van der Waals surface area (Å²) in [5.41, 5.74) is 0. The molecule has 1 unspecified atom stereocenters. The van der Waals surface area contributed by atoms with Crippen molar-refractivity contribution in [3.63, 3.8) is 0 Å². The van der Waals surface area contributed by atoms with Gasteiger partial charge in [-0.2, -0.15) is 0 Å². The molecule has 4 heteroatoms. The lowest BCUT2D eigenvalue weighted by Gasteiger charge is -2.03. The summed E-state index contributed by atoms with van der Waals surface area (Å²) in [7, 11) is 3.59. The normalized spacial score (nSPS) is 13.1. The summed E-state index contributed by atoms with van der Waals surface area (Å²) in [6.07, 6.45) is 3.65. The van der Waals surface area contributed by atoms with E-state index >= 15 is 0 Å². The number of nitrogens with one attached hydrogen (secondary N) is 1. The lowest BCUT2D eigenvalue weighted by Crippen LogP contribution is -2.12. The minimum absolute atomic E-state index is 0.172. The first-order valence-electron chi connectivity index (χ1n) is 4.88. The fourth-order valence-electron chi connectivity index (χ4n) is 1.15. The predicted molar refractivity (Wildman–Crippen MR) is 54.2 cm³/mol. The lowest BCUT2D eigenvalue weighted by atomic mass is 10.3. The van der Waals surface area contributed by atoms with E-state index in [9.17, 15) is 0 Å². The Morgan fingerprint density at radius 2 is 2.43 bits per heavy atom. The van der Waals surface area contributed by atoms with Crippen molar-refractivity contribution < 1.29 is 9.15 Å². The Balaban J connectivity index is 2.42. The van der Waals surface area contributed by atoms with Crippen LogP contribution in [-0.2, 0) is 11.2 Å². The van der Waals surface area contributed by atoms with E-state index < -0.39 is 0 Å². The van der Waals surface area contributed by atoms with E-state index in [0.717, 1.165) is 31.1 Å². The van der Waals surface area contributed by atoms with Gasteiger partial charge in [0.15, 0.2) is 0 Å². The predicted octanol–water partition coefficient (Wildman–Crippen LogP) is 1.53. The van der Waals surface area contributed by atoms with Crippen molar-refractivity contribution in [2.24, 2.45) is 0 Å². The highest BCUT2D eigenvalue weighted by Crippen LogP contribution is 2.13. The van der Waals surface area contributed by atoms with Crippen LogP contribution in [0.25, 0.3) is 0 Å². The van der Waals surface area contributed by atoms with Crippen LogP contribution in [0.15, 0.2) is 10.6 Å². The molecule has 0 bridgehead atoms. The van der Waals surface area contributed by atoms with Gasteiger partial charge in [-0.15, -0.1) is 0 Å². The zero-order chi connectivity index (χ0) is 10.4. The molecule has 1 aromatic rings. The molecule has 80 valence electrons. The van der Waals surface area contributed by atoms with Gasteiger partial charge in [0.1, 0.15) is 5.76 Å². The number of methoxy groups -OCH3 is 1. The van der Waals surface area contributed by atoms with Crippen LogP contribution >= 0.6 is 0 Å². The number of aryl methyl sites for hydroxylation is 1. The maximum Gasteiger partial charge on any atom is 0.211 e. The molecule has 0 spiro atoms. The molecule has 0 saturated heterocycles. The molecule has 0 fully saturated rings. The van der Waals surface area contributed by atoms with Crippen LogP contribution in [0.4, 0.5) is 0 Å². The fourth-order valence-corrected chi connectivity index (χ4v) is 1.15. The highest BCUT2D eigenvalue weighted by atomic mass is 16.5. The van der Waals surface area contributed by atoms with Crippen LogP contribution in [0.5, 0.6) is 0 Å². The van der Waals surface area contributed by atoms with Crippen molar-refractivity contribution in [2.75, 3.05) is 20.8 Å². The Bertz CT molecular complexity index is 260. The SMILES string of the molecule is CNC(C)c1ncc(CCCOC)o1. The largest absolute Gasteiger partial charge is 0.444 e. The van der Waals surface area contributed by atoms with E-state index in [4.69, 9.17) is 9.15 Å². The Morgan fingerprint density at radius 3 is 3.07 bits per heavy atom. The minimum Gasteiger partial charge on any atom is -0.444 e. The van der Waals surface area contributed by atoms with Crippen LogP contribution in [0.2, 0.25) is 0 Å². The van der Waals surface area contributed by atoms with Gasteiger partial charge >= 0.3 is 0 Å². The molecule has 0 aliphatic carbocycles. The highest BCUT2D eigenvalue weighted by molar-refractivity contribution is 4.97. The molecule has 1 heterocycles. The first-order valence-corrected chi connectivity index (χ1v) is 4.88. The molecule has 1 N–H and O–H groups in total. The van der Waals surface area contributed by atoms with E-state index in [2.05, 4.69) is 10.3 Å². The Labute approximate surface area is 84.7 Å². The van der Waals surface area contributed by atoms with E-state index in [1.807, 2.05) is 14.0 Å². The Kier molecular flexibility index (Phi) is 4.62. The standard InChI is InChI=1S/C10H18N2O2/c1-8(11-2)10-12-7-9(14-10)5-4-6-13-3/h7-8,11H,4-6H2,1-3H3. The summed E-state index contributed by atoms with van der Waals surface area (Å²) in [4.78, 5) is 4.20. The van der Waals surface area contributed by atoms with E-state index in [1.165, 1.54) is 0 Å². The maximum atomic E-state index is 5.55. The summed E-state index contributed by atoms with van der Waals surface area (Å²) in [6.45, 7) is 2.78. The van der Waals surface area contributed by atoms with Crippen molar-refractivity contribution in [3.05, 3.63) is 17.8 Å². The number of hydrogen-bond donors (Lipinski definition) is 1. The van der Waals surface area contributed by atoms with E-state index in [1.54, 1.807) is 13.3 Å². The summed E-state index contributed by atoms with van der Waals surface area (Å²) >= 11 is 0. The molecule has 0 amide bonds. The number of nitrogens with zero attached hydrogens (tertiary/aromatic N) is 1. The summed E-state index contributed by atoms with van der Waals surface area (Å²) in [5.74, 6) is 1.68. The molecule has 1 aromatic heterocycles. The molecular weight excluding hydrogens is 180 g/mol.